The molecule has 0 radical (unpaired) electrons. The highest BCUT2D eigenvalue weighted by molar-refractivity contribution is 6.22. The molecule has 0 fully saturated rings. The monoisotopic (exact) mass is 242 g/mol. The van der Waals surface area contributed by atoms with E-state index in [4.69, 9.17) is 4.74 Å². The molecule has 0 heterocycles. The first-order valence-corrected chi connectivity index (χ1v) is 5.73. The van der Waals surface area contributed by atoms with E-state index in [0.717, 1.165) is 16.7 Å². The molecule has 0 amide bonds. The van der Waals surface area contributed by atoms with Crippen LogP contribution in [0.15, 0.2) is 35.9 Å². The van der Waals surface area contributed by atoms with Crippen LogP contribution in [-0.4, -0.2) is 18.9 Å². The van der Waals surface area contributed by atoms with Crippen LogP contribution in [0, 0.1) is 0 Å². The highest BCUT2D eigenvalue weighted by atomic mass is 16.5. The lowest BCUT2D eigenvalue weighted by Gasteiger charge is -2.16. The predicted molar refractivity (Wildman–Crippen MR) is 69.7 cm³/mol. The number of allylic oxidation sites excluding steroid dienone is 2. The van der Waals surface area contributed by atoms with Crippen LogP contribution in [0.5, 0.6) is 0 Å². The molecule has 1 aromatic rings. The Kier molecular flexibility index (Phi) is 3.42. The van der Waals surface area contributed by atoms with Gasteiger partial charge in [-0.05, 0) is 30.0 Å². The van der Waals surface area contributed by atoms with Gasteiger partial charge in [-0.15, -0.1) is 0 Å². The standard InChI is InChI=1S/C15H14O3/c1-10(16)14(15(17)18-2)13-9-5-7-11-6-3-4-8-12(11)13/h3-8H,9H2,1-2H3/b14-13+. The molecule has 1 aliphatic rings. The predicted octanol–water partition coefficient (Wildman–Crippen LogP) is 2.62. The Morgan fingerprint density at radius 3 is 2.61 bits per heavy atom. The van der Waals surface area contributed by atoms with Gasteiger partial charge in [0.1, 0.15) is 5.57 Å². The third kappa shape index (κ3) is 2.12. The Bertz CT molecular complexity index is 565. The van der Waals surface area contributed by atoms with Gasteiger partial charge < -0.3 is 4.74 Å². The van der Waals surface area contributed by atoms with Gasteiger partial charge in [-0.1, -0.05) is 36.4 Å². The van der Waals surface area contributed by atoms with Gasteiger partial charge in [-0.3, -0.25) is 4.79 Å². The SMILES string of the molecule is COC(=O)/C(C(C)=O)=C1\CC=Cc2ccccc21. The summed E-state index contributed by atoms with van der Waals surface area (Å²) in [5, 5.41) is 0. The van der Waals surface area contributed by atoms with E-state index in [0.29, 0.717) is 6.42 Å². The summed E-state index contributed by atoms with van der Waals surface area (Å²) in [6.07, 6.45) is 4.51. The molecule has 92 valence electrons. The zero-order chi connectivity index (χ0) is 13.1. The molecule has 0 atom stereocenters. The lowest BCUT2D eigenvalue weighted by Crippen LogP contribution is -2.15. The molecule has 0 unspecified atom stereocenters. The fraction of sp³-hybridized carbons (Fsp3) is 0.200. The van der Waals surface area contributed by atoms with Crippen LogP contribution >= 0.6 is 0 Å². The Morgan fingerprint density at radius 1 is 1.22 bits per heavy atom. The minimum absolute atomic E-state index is 0.148. The minimum atomic E-state index is -0.567. The second kappa shape index (κ2) is 5.00. The molecule has 1 aromatic carbocycles. The molecule has 0 aliphatic heterocycles. The molecule has 0 saturated carbocycles. The first-order valence-electron chi connectivity index (χ1n) is 5.73. The van der Waals surface area contributed by atoms with E-state index >= 15 is 0 Å². The van der Waals surface area contributed by atoms with Crippen molar-refractivity contribution in [1.82, 2.24) is 0 Å². The van der Waals surface area contributed by atoms with Crippen molar-refractivity contribution in [2.45, 2.75) is 13.3 Å². The fourth-order valence-electron chi connectivity index (χ4n) is 2.15. The average Bonchev–Trinajstić information content (AvgIpc) is 2.38. The van der Waals surface area contributed by atoms with E-state index in [1.165, 1.54) is 14.0 Å². The number of benzene rings is 1. The normalized spacial score (nSPS) is 15.9. The third-order valence-electron chi connectivity index (χ3n) is 2.95. The van der Waals surface area contributed by atoms with Crippen molar-refractivity contribution in [3.63, 3.8) is 0 Å². The number of fused-ring (bicyclic) bond motifs is 1. The van der Waals surface area contributed by atoms with Crippen molar-refractivity contribution >= 4 is 23.4 Å². The van der Waals surface area contributed by atoms with Gasteiger partial charge in [0.15, 0.2) is 5.78 Å². The van der Waals surface area contributed by atoms with Gasteiger partial charge in [0, 0.05) is 0 Å². The first kappa shape index (κ1) is 12.3. The minimum Gasteiger partial charge on any atom is -0.465 e. The van der Waals surface area contributed by atoms with Gasteiger partial charge in [-0.25, -0.2) is 4.79 Å². The molecular formula is C15H14O3. The summed E-state index contributed by atoms with van der Waals surface area (Å²) in [6.45, 7) is 1.39. The molecule has 18 heavy (non-hydrogen) atoms. The number of hydrogen-bond acceptors (Lipinski definition) is 3. The Morgan fingerprint density at radius 2 is 1.94 bits per heavy atom. The molecular weight excluding hydrogens is 228 g/mol. The van der Waals surface area contributed by atoms with Gasteiger partial charge in [0.05, 0.1) is 7.11 Å². The second-order valence-corrected chi connectivity index (χ2v) is 4.10. The number of methoxy groups -OCH3 is 1. The maximum atomic E-state index is 11.7. The first-order chi connectivity index (χ1) is 8.65. The maximum Gasteiger partial charge on any atom is 0.341 e. The van der Waals surface area contributed by atoms with Gasteiger partial charge in [0.25, 0.3) is 0 Å². The van der Waals surface area contributed by atoms with E-state index in [2.05, 4.69) is 0 Å². The molecule has 0 spiro atoms. The summed E-state index contributed by atoms with van der Waals surface area (Å²) in [5.41, 5.74) is 2.83. The van der Waals surface area contributed by atoms with Crippen molar-refractivity contribution in [2.75, 3.05) is 7.11 Å². The third-order valence-corrected chi connectivity index (χ3v) is 2.95. The van der Waals surface area contributed by atoms with E-state index in [9.17, 15) is 9.59 Å². The quantitative estimate of drug-likeness (QED) is 0.346. The Hall–Kier alpha value is -2.16. The summed E-state index contributed by atoms with van der Waals surface area (Å²) >= 11 is 0. The van der Waals surface area contributed by atoms with E-state index in [1.54, 1.807) is 0 Å². The number of carbonyl (C=O) groups is 2. The van der Waals surface area contributed by atoms with Crippen molar-refractivity contribution < 1.29 is 14.3 Å². The number of carbonyl (C=O) groups excluding carboxylic acids is 2. The van der Waals surface area contributed by atoms with Gasteiger partial charge in [0.2, 0.25) is 0 Å². The number of Topliss-reactive ketones (excluding diaryl/α,β-unsaturated/α-hetero) is 1. The average molecular weight is 242 g/mol. The molecule has 0 N–H and O–H groups in total. The van der Waals surface area contributed by atoms with Crippen LogP contribution in [-0.2, 0) is 14.3 Å². The van der Waals surface area contributed by atoms with E-state index in [1.807, 2.05) is 36.4 Å². The summed E-state index contributed by atoms with van der Waals surface area (Å²) in [6, 6.07) is 7.70. The lowest BCUT2D eigenvalue weighted by molar-refractivity contribution is -0.137. The summed E-state index contributed by atoms with van der Waals surface area (Å²) in [5.74, 6) is -0.829. The smallest absolute Gasteiger partial charge is 0.341 e. The summed E-state index contributed by atoms with van der Waals surface area (Å²) in [7, 11) is 1.29. The molecule has 3 nitrogen and oxygen atoms in total. The van der Waals surface area contributed by atoms with Crippen molar-refractivity contribution in [3.8, 4) is 0 Å². The van der Waals surface area contributed by atoms with Crippen molar-refractivity contribution in [3.05, 3.63) is 47.0 Å². The molecule has 3 heteroatoms. The molecule has 2 rings (SSSR count). The maximum absolute atomic E-state index is 11.7. The van der Waals surface area contributed by atoms with Crippen molar-refractivity contribution in [2.24, 2.45) is 0 Å². The largest absolute Gasteiger partial charge is 0.465 e. The molecule has 0 saturated heterocycles. The van der Waals surface area contributed by atoms with Crippen LogP contribution in [0.25, 0.3) is 11.6 Å². The second-order valence-electron chi connectivity index (χ2n) is 4.10. The Labute approximate surface area is 106 Å². The number of ether oxygens (including phenoxy) is 1. The van der Waals surface area contributed by atoms with Gasteiger partial charge in [-0.2, -0.15) is 0 Å². The van der Waals surface area contributed by atoms with E-state index < -0.39 is 5.97 Å². The zero-order valence-electron chi connectivity index (χ0n) is 10.4. The topological polar surface area (TPSA) is 43.4 Å². The number of hydrogen-bond donors (Lipinski definition) is 0. The molecule has 0 bridgehead atoms. The zero-order valence-corrected chi connectivity index (χ0v) is 10.4. The van der Waals surface area contributed by atoms with Crippen molar-refractivity contribution in [1.29, 1.82) is 0 Å². The van der Waals surface area contributed by atoms with Crippen LogP contribution in [0.2, 0.25) is 0 Å². The number of esters is 1. The summed E-state index contributed by atoms with van der Waals surface area (Å²) < 4.78 is 4.70. The summed E-state index contributed by atoms with van der Waals surface area (Å²) in [4.78, 5) is 23.4. The fourth-order valence-corrected chi connectivity index (χ4v) is 2.15. The molecule has 0 aromatic heterocycles. The van der Waals surface area contributed by atoms with Gasteiger partial charge >= 0.3 is 5.97 Å². The highest BCUT2D eigenvalue weighted by Gasteiger charge is 2.23. The Balaban J connectivity index is 2.65. The van der Waals surface area contributed by atoms with Crippen LogP contribution in [0.1, 0.15) is 24.5 Å². The van der Waals surface area contributed by atoms with Crippen LogP contribution < -0.4 is 0 Å². The van der Waals surface area contributed by atoms with Crippen LogP contribution in [0.3, 0.4) is 0 Å². The number of rotatable bonds is 2. The highest BCUT2D eigenvalue weighted by Crippen LogP contribution is 2.31. The molecule has 1 aliphatic carbocycles. The van der Waals surface area contributed by atoms with E-state index in [-0.39, 0.29) is 11.4 Å². The lowest BCUT2D eigenvalue weighted by atomic mass is 9.88. The van der Waals surface area contributed by atoms with Crippen LogP contribution in [0.4, 0.5) is 0 Å². The number of ketones is 1.